The van der Waals surface area contributed by atoms with Gasteiger partial charge in [0.2, 0.25) is 0 Å². The SMILES string of the molecule is O=C(CCCc1ccccc1)OC1CC1O. The highest BCUT2D eigenvalue weighted by atomic mass is 16.6. The summed E-state index contributed by atoms with van der Waals surface area (Å²) in [6.45, 7) is 0. The number of ether oxygens (including phenoxy) is 1. The Morgan fingerprint density at radius 2 is 2.06 bits per heavy atom. The van der Waals surface area contributed by atoms with Crippen LogP contribution in [0.1, 0.15) is 24.8 Å². The molecule has 0 spiro atoms. The van der Waals surface area contributed by atoms with Crippen molar-refractivity contribution >= 4 is 5.97 Å². The van der Waals surface area contributed by atoms with Crippen molar-refractivity contribution in [3.05, 3.63) is 35.9 Å². The van der Waals surface area contributed by atoms with Crippen LogP contribution >= 0.6 is 0 Å². The van der Waals surface area contributed by atoms with Crippen molar-refractivity contribution in [3.8, 4) is 0 Å². The number of hydrogen-bond acceptors (Lipinski definition) is 3. The van der Waals surface area contributed by atoms with Gasteiger partial charge in [-0.25, -0.2) is 0 Å². The molecule has 0 radical (unpaired) electrons. The molecule has 0 aliphatic heterocycles. The fourth-order valence-electron chi connectivity index (χ4n) is 1.60. The van der Waals surface area contributed by atoms with Gasteiger partial charge in [0.1, 0.15) is 6.10 Å². The zero-order chi connectivity index (χ0) is 11.4. The largest absolute Gasteiger partial charge is 0.459 e. The lowest BCUT2D eigenvalue weighted by atomic mass is 10.1. The van der Waals surface area contributed by atoms with E-state index in [4.69, 9.17) is 9.84 Å². The molecule has 1 saturated carbocycles. The summed E-state index contributed by atoms with van der Waals surface area (Å²) >= 11 is 0. The van der Waals surface area contributed by atoms with Crippen molar-refractivity contribution in [3.63, 3.8) is 0 Å². The zero-order valence-corrected chi connectivity index (χ0v) is 9.13. The van der Waals surface area contributed by atoms with Crippen LogP contribution in [0, 0.1) is 0 Å². The maximum Gasteiger partial charge on any atom is 0.306 e. The number of carbonyl (C=O) groups is 1. The minimum atomic E-state index is -0.418. The van der Waals surface area contributed by atoms with Gasteiger partial charge in [-0.2, -0.15) is 0 Å². The Balaban J connectivity index is 1.62. The molecule has 1 aromatic rings. The van der Waals surface area contributed by atoms with Gasteiger partial charge in [0, 0.05) is 12.8 Å². The van der Waals surface area contributed by atoms with Crippen molar-refractivity contribution < 1.29 is 14.6 Å². The molecule has 1 fully saturated rings. The zero-order valence-electron chi connectivity index (χ0n) is 9.13. The molecule has 0 heterocycles. The van der Waals surface area contributed by atoms with Crippen molar-refractivity contribution in [2.24, 2.45) is 0 Å². The van der Waals surface area contributed by atoms with Gasteiger partial charge in [0.25, 0.3) is 0 Å². The molecule has 2 unspecified atom stereocenters. The van der Waals surface area contributed by atoms with Crippen molar-refractivity contribution in [2.75, 3.05) is 0 Å². The van der Waals surface area contributed by atoms with E-state index in [0.29, 0.717) is 12.8 Å². The van der Waals surface area contributed by atoms with E-state index >= 15 is 0 Å². The third-order valence-corrected chi connectivity index (χ3v) is 2.67. The number of benzene rings is 1. The Morgan fingerprint density at radius 1 is 1.38 bits per heavy atom. The highest BCUT2D eigenvalue weighted by molar-refractivity contribution is 5.69. The van der Waals surface area contributed by atoms with Crippen LogP contribution in [0.25, 0.3) is 0 Å². The number of aliphatic hydroxyl groups is 1. The summed E-state index contributed by atoms with van der Waals surface area (Å²) in [5, 5.41) is 9.00. The Labute approximate surface area is 95.0 Å². The number of esters is 1. The van der Waals surface area contributed by atoms with E-state index in [9.17, 15) is 4.79 Å². The molecular weight excluding hydrogens is 204 g/mol. The van der Waals surface area contributed by atoms with Crippen LogP contribution in [0.2, 0.25) is 0 Å². The molecule has 0 amide bonds. The second-order valence-corrected chi connectivity index (χ2v) is 4.17. The summed E-state index contributed by atoms with van der Waals surface area (Å²) in [5.41, 5.74) is 1.24. The van der Waals surface area contributed by atoms with E-state index in [0.717, 1.165) is 12.8 Å². The normalized spacial score (nSPS) is 22.8. The van der Waals surface area contributed by atoms with Gasteiger partial charge in [-0.3, -0.25) is 4.79 Å². The summed E-state index contributed by atoms with van der Waals surface area (Å²) in [5.74, 6) is -0.197. The Bertz CT molecular complexity index is 347. The van der Waals surface area contributed by atoms with Gasteiger partial charge in [0.05, 0.1) is 6.10 Å². The van der Waals surface area contributed by atoms with Crippen molar-refractivity contribution in [1.82, 2.24) is 0 Å². The maximum atomic E-state index is 11.3. The van der Waals surface area contributed by atoms with Gasteiger partial charge in [-0.15, -0.1) is 0 Å². The second-order valence-electron chi connectivity index (χ2n) is 4.17. The lowest BCUT2D eigenvalue weighted by Crippen LogP contribution is -2.09. The highest BCUT2D eigenvalue weighted by Gasteiger charge is 2.38. The molecule has 1 aliphatic carbocycles. The molecule has 2 atom stereocenters. The number of aryl methyl sites for hydroxylation is 1. The van der Waals surface area contributed by atoms with Crippen LogP contribution in [-0.4, -0.2) is 23.3 Å². The van der Waals surface area contributed by atoms with Gasteiger partial charge in [0.15, 0.2) is 0 Å². The summed E-state index contributed by atoms with van der Waals surface area (Å²) in [6, 6.07) is 10.1. The molecule has 16 heavy (non-hydrogen) atoms. The van der Waals surface area contributed by atoms with Crippen LogP contribution in [0.15, 0.2) is 30.3 Å². The highest BCUT2D eigenvalue weighted by Crippen LogP contribution is 2.25. The van der Waals surface area contributed by atoms with Crippen LogP contribution in [0.5, 0.6) is 0 Å². The summed E-state index contributed by atoms with van der Waals surface area (Å²) < 4.78 is 5.02. The second kappa shape index (κ2) is 5.12. The summed E-state index contributed by atoms with van der Waals surface area (Å²) in [6.07, 6.45) is 2.07. The van der Waals surface area contributed by atoms with Crippen LogP contribution in [0.3, 0.4) is 0 Å². The monoisotopic (exact) mass is 220 g/mol. The van der Waals surface area contributed by atoms with Gasteiger partial charge in [-0.05, 0) is 18.4 Å². The standard InChI is InChI=1S/C13H16O3/c14-11-9-12(11)16-13(15)8-4-7-10-5-2-1-3-6-10/h1-3,5-6,11-12,14H,4,7-9H2. The van der Waals surface area contributed by atoms with E-state index in [1.165, 1.54) is 5.56 Å². The minimum Gasteiger partial charge on any atom is -0.459 e. The van der Waals surface area contributed by atoms with Crippen molar-refractivity contribution in [1.29, 1.82) is 0 Å². The minimum absolute atomic E-state index is 0.197. The average molecular weight is 220 g/mol. The smallest absolute Gasteiger partial charge is 0.306 e. The lowest BCUT2D eigenvalue weighted by Gasteiger charge is -2.03. The number of rotatable bonds is 5. The van der Waals surface area contributed by atoms with Gasteiger partial charge < -0.3 is 9.84 Å². The average Bonchev–Trinajstić information content (AvgIpc) is 2.95. The van der Waals surface area contributed by atoms with Crippen LogP contribution in [-0.2, 0) is 16.0 Å². The van der Waals surface area contributed by atoms with E-state index < -0.39 is 6.10 Å². The fourth-order valence-corrected chi connectivity index (χ4v) is 1.60. The topological polar surface area (TPSA) is 46.5 Å². The Kier molecular flexibility index (Phi) is 3.57. The summed E-state index contributed by atoms with van der Waals surface area (Å²) in [4.78, 5) is 11.3. The van der Waals surface area contributed by atoms with Crippen molar-refractivity contribution in [2.45, 2.75) is 37.9 Å². The molecule has 3 heteroatoms. The summed E-state index contributed by atoms with van der Waals surface area (Å²) in [7, 11) is 0. The number of carbonyl (C=O) groups excluding carboxylic acids is 1. The Hall–Kier alpha value is -1.35. The first-order valence-corrected chi connectivity index (χ1v) is 5.67. The predicted molar refractivity (Wildman–Crippen MR) is 59.9 cm³/mol. The third kappa shape index (κ3) is 3.35. The van der Waals surface area contributed by atoms with Crippen LogP contribution < -0.4 is 0 Å². The first-order valence-electron chi connectivity index (χ1n) is 5.67. The van der Waals surface area contributed by atoms with E-state index in [1.807, 2.05) is 18.2 Å². The molecular formula is C13H16O3. The molecule has 86 valence electrons. The fraction of sp³-hybridized carbons (Fsp3) is 0.462. The number of hydrogen-bond donors (Lipinski definition) is 1. The number of aliphatic hydroxyl groups excluding tert-OH is 1. The third-order valence-electron chi connectivity index (χ3n) is 2.67. The molecule has 0 aromatic heterocycles. The molecule has 0 saturated heterocycles. The molecule has 3 nitrogen and oxygen atoms in total. The predicted octanol–water partition coefficient (Wildman–Crippen LogP) is 1.69. The molecule has 0 bridgehead atoms. The quantitative estimate of drug-likeness (QED) is 0.768. The first-order chi connectivity index (χ1) is 7.75. The van der Waals surface area contributed by atoms with E-state index in [1.54, 1.807) is 0 Å². The first kappa shape index (κ1) is 11.1. The molecule has 1 N–H and O–H groups in total. The molecule has 1 aromatic carbocycles. The van der Waals surface area contributed by atoms with Crippen LogP contribution in [0.4, 0.5) is 0 Å². The van der Waals surface area contributed by atoms with Gasteiger partial charge in [-0.1, -0.05) is 30.3 Å². The van der Waals surface area contributed by atoms with Gasteiger partial charge >= 0.3 is 5.97 Å². The maximum absolute atomic E-state index is 11.3. The van der Waals surface area contributed by atoms with E-state index in [-0.39, 0.29) is 12.1 Å². The molecule has 1 aliphatic rings. The lowest BCUT2D eigenvalue weighted by molar-refractivity contribution is -0.146. The molecule has 2 rings (SSSR count). The Morgan fingerprint density at radius 3 is 2.69 bits per heavy atom. The van der Waals surface area contributed by atoms with E-state index in [2.05, 4.69) is 12.1 Å².